The van der Waals surface area contributed by atoms with Gasteiger partial charge in [-0.15, -0.1) is 0 Å². The van der Waals surface area contributed by atoms with Crippen LogP contribution in [0, 0.1) is 13.8 Å². The average Bonchev–Trinajstić information content (AvgIpc) is 2.86. The van der Waals surface area contributed by atoms with Crippen LogP contribution >= 0.6 is 0 Å². The Morgan fingerprint density at radius 1 is 1.10 bits per heavy atom. The highest BCUT2D eigenvalue weighted by molar-refractivity contribution is 5.96. The fourth-order valence-corrected chi connectivity index (χ4v) is 2.26. The summed E-state index contributed by atoms with van der Waals surface area (Å²) in [6.07, 6.45) is 0.476. The third kappa shape index (κ3) is 3.43. The number of amides is 1. The fraction of sp³-hybridized carbons (Fsp3) is 0.438. The van der Waals surface area contributed by atoms with E-state index in [0.29, 0.717) is 18.5 Å². The first-order chi connectivity index (χ1) is 10.1. The van der Waals surface area contributed by atoms with Crippen molar-refractivity contribution in [2.45, 2.75) is 20.3 Å². The van der Waals surface area contributed by atoms with Gasteiger partial charge in [-0.3, -0.25) is 4.79 Å². The van der Waals surface area contributed by atoms with Gasteiger partial charge in [0.2, 0.25) is 0 Å². The molecule has 0 saturated carbocycles. The van der Waals surface area contributed by atoms with Crippen LogP contribution in [-0.4, -0.2) is 47.3 Å². The molecule has 0 atom stereocenters. The fourth-order valence-electron chi connectivity index (χ4n) is 2.26. The molecule has 0 aliphatic rings. The van der Waals surface area contributed by atoms with Gasteiger partial charge in [-0.2, -0.15) is 0 Å². The van der Waals surface area contributed by atoms with Gasteiger partial charge in [0.15, 0.2) is 5.76 Å². The first-order valence-corrected chi connectivity index (χ1v) is 7.08. The van der Waals surface area contributed by atoms with Crippen LogP contribution in [0.3, 0.4) is 0 Å². The van der Waals surface area contributed by atoms with Gasteiger partial charge in [0.1, 0.15) is 5.58 Å². The molecule has 5 nitrogen and oxygen atoms in total. The lowest BCUT2D eigenvalue weighted by molar-refractivity contribution is 0.0681. The number of hydrogen-bond acceptors (Lipinski definition) is 4. The van der Waals surface area contributed by atoms with Crippen molar-refractivity contribution >= 4 is 16.9 Å². The van der Waals surface area contributed by atoms with Gasteiger partial charge in [-0.25, -0.2) is 0 Å². The minimum Gasteiger partial charge on any atom is -0.451 e. The van der Waals surface area contributed by atoms with Gasteiger partial charge in [0, 0.05) is 25.1 Å². The first kappa shape index (κ1) is 15.5. The molecule has 0 fully saturated rings. The van der Waals surface area contributed by atoms with Gasteiger partial charge in [-0.1, -0.05) is 0 Å². The first-order valence-electron chi connectivity index (χ1n) is 7.08. The Bertz CT molecular complexity index is 593. The molecular weight excluding hydrogens is 270 g/mol. The summed E-state index contributed by atoms with van der Waals surface area (Å²) in [7, 11) is 0. The number of fused-ring (bicyclic) bond motifs is 1. The summed E-state index contributed by atoms with van der Waals surface area (Å²) >= 11 is 0. The van der Waals surface area contributed by atoms with E-state index in [1.165, 1.54) is 4.90 Å². The number of aryl methyl sites for hydroxylation is 2. The van der Waals surface area contributed by atoms with Crippen molar-refractivity contribution in [1.29, 1.82) is 0 Å². The van der Waals surface area contributed by atoms with Crippen LogP contribution in [-0.2, 0) is 0 Å². The van der Waals surface area contributed by atoms with Crippen molar-refractivity contribution in [1.82, 2.24) is 4.90 Å². The predicted octanol–water partition coefficient (Wildman–Crippen LogP) is 1.87. The zero-order valence-corrected chi connectivity index (χ0v) is 12.4. The van der Waals surface area contributed by atoms with Gasteiger partial charge >= 0.3 is 0 Å². The third-order valence-corrected chi connectivity index (χ3v) is 3.59. The number of aliphatic hydroxyl groups is 2. The van der Waals surface area contributed by atoms with Crippen LogP contribution in [0.4, 0.5) is 0 Å². The Hall–Kier alpha value is -1.85. The maximum absolute atomic E-state index is 12.4. The number of aliphatic hydroxyl groups excluding tert-OH is 2. The molecule has 114 valence electrons. The smallest absolute Gasteiger partial charge is 0.289 e. The Morgan fingerprint density at radius 3 is 2.48 bits per heavy atom. The second-order valence-corrected chi connectivity index (χ2v) is 5.18. The molecule has 1 amide bonds. The van der Waals surface area contributed by atoms with Crippen molar-refractivity contribution < 1.29 is 19.4 Å². The number of furan rings is 1. The Kier molecular flexibility index (Phi) is 4.98. The number of carbonyl (C=O) groups is 1. The highest BCUT2D eigenvalue weighted by Crippen LogP contribution is 2.24. The summed E-state index contributed by atoms with van der Waals surface area (Å²) in [6, 6.07) is 5.65. The number of rotatable bonds is 6. The van der Waals surface area contributed by atoms with Gasteiger partial charge in [0.25, 0.3) is 5.91 Å². The van der Waals surface area contributed by atoms with E-state index in [2.05, 4.69) is 0 Å². The van der Waals surface area contributed by atoms with Crippen molar-refractivity contribution in [2.75, 3.05) is 26.3 Å². The van der Waals surface area contributed by atoms with Crippen LogP contribution in [0.25, 0.3) is 11.0 Å². The van der Waals surface area contributed by atoms with Crippen molar-refractivity contribution in [2.24, 2.45) is 0 Å². The molecule has 0 bridgehead atoms. The summed E-state index contributed by atoms with van der Waals surface area (Å²) in [5.41, 5.74) is 2.95. The van der Waals surface area contributed by atoms with E-state index in [4.69, 9.17) is 14.6 Å². The number of carbonyl (C=O) groups excluding carboxylic acids is 1. The summed E-state index contributed by atoms with van der Waals surface area (Å²) in [6.45, 7) is 4.53. The molecule has 21 heavy (non-hydrogen) atoms. The van der Waals surface area contributed by atoms with E-state index < -0.39 is 0 Å². The lowest BCUT2D eigenvalue weighted by atomic mass is 10.1. The SMILES string of the molecule is Cc1cc2cc(C(=O)N(CCO)CCCO)oc2cc1C. The Balaban J connectivity index is 2.28. The van der Waals surface area contributed by atoms with Crippen LogP contribution in [0.2, 0.25) is 0 Å². The van der Waals surface area contributed by atoms with E-state index in [-0.39, 0.29) is 31.4 Å². The Morgan fingerprint density at radius 2 is 1.81 bits per heavy atom. The summed E-state index contributed by atoms with van der Waals surface area (Å²) in [4.78, 5) is 13.9. The summed E-state index contributed by atoms with van der Waals surface area (Å²) < 4.78 is 5.64. The topological polar surface area (TPSA) is 73.9 Å². The molecule has 0 radical (unpaired) electrons. The summed E-state index contributed by atoms with van der Waals surface area (Å²) in [5, 5.41) is 18.8. The molecular formula is C16H21NO4. The highest BCUT2D eigenvalue weighted by atomic mass is 16.3. The van der Waals surface area contributed by atoms with Crippen LogP contribution in [0.1, 0.15) is 28.1 Å². The second-order valence-electron chi connectivity index (χ2n) is 5.18. The van der Waals surface area contributed by atoms with E-state index in [9.17, 15) is 4.79 Å². The standard InChI is InChI=1S/C16H21NO4/c1-11-8-13-10-15(21-14(13)9-12(11)2)16(20)17(5-7-19)4-3-6-18/h8-10,18-19H,3-7H2,1-2H3. The van der Waals surface area contributed by atoms with Gasteiger partial charge in [-0.05, 0) is 49.6 Å². The molecule has 1 aromatic carbocycles. The van der Waals surface area contributed by atoms with E-state index in [1.807, 2.05) is 26.0 Å². The molecule has 0 aliphatic carbocycles. The van der Waals surface area contributed by atoms with Crippen molar-refractivity contribution in [3.8, 4) is 0 Å². The summed E-state index contributed by atoms with van der Waals surface area (Å²) in [5.74, 6) is 0.00500. The zero-order chi connectivity index (χ0) is 15.4. The lowest BCUT2D eigenvalue weighted by Gasteiger charge is -2.19. The normalized spacial score (nSPS) is 11.0. The van der Waals surface area contributed by atoms with Gasteiger partial charge < -0.3 is 19.5 Å². The largest absolute Gasteiger partial charge is 0.451 e. The molecule has 2 rings (SSSR count). The highest BCUT2D eigenvalue weighted by Gasteiger charge is 2.19. The van der Waals surface area contributed by atoms with Crippen molar-refractivity contribution in [3.05, 3.63) is 35.1 Å². The Labute approximate surface area is 123 Å². The third-order valence-electron chi connectivity index (χ3n) is 3.59. The monoisotopic (exact) mass is 291 g/mol. The molecule has 0 unspecified atom stereocenters. The maximum atomic E-state index is 12.4. The van der Waals surface area contributed by atoms with Crippen LogP contribution in [0.15, 0.2) is 22.6 Å². The van der Waals surface area contributed by atoms with E-state index in [0.717, 1.165) is 16.5 Å². The molecule has 5 heteroatoms. The molecule has 0 saturated heterocycles. The quantitative estimate of drug-likeness (QED) is 0.852. The number of benzene rings is 1. The van der Waals surface area contributed by atoms with E-state index >= 15 is 0 Å². The zero-order valence-electron chi connectivity index (χ0n) is 12.4. The molecule has 2 N–H and O–H groups in total. The maximum Gasteiger partial charge on any atom is 0.289 e. The second kappa shape index (κ2) is 6.74. The van der Waals surface area contributed by atoms with Gasteiger partial charge in [0.05, 0.1) is 6.61 Å². The minimum absolute atomic E-state index is 0.00767. The average molecular weight is 291 g/mol. The van der Waals surface area contributed by atoms with Crippen LogP contribution < -0.4 is 0 Å². The number of hydrogen-bond donors (Lipinski definition) is 2. The van der Waals surface area contributed by atoms with Crippen LogP contribution in [0.5, 0.6) is 0 Å². The molecule has 1 aromatic heterocycles. The lowest BCUT2D eigenvalue weighted by Crippen LogP contribution is -2.34. The molecule has 0 aliphatic heterocycles. The van der Waals surface area contributed by atoms with Crippen molar-refractivity contribution in [3.63, 3.8) is 0 Å². The minimum atomic E-state index is -0.260. The molecule has 2 aromatic rings. The predicted molar refractivity (Wildman–Crippen MR) is 80.4 cm³/mol. The van der Waals surface area contributed by atoms with E-state index in [1.54, 1.807) is 6.07 Å². The molecule has 1 heterocycles. The molecule has 0 spiro atoms. The number of nitrogens with zero attached hydrogens (tertiary/aromatic N) is 1.